The maximum Gasteiger partial charge on any atom is 0.331 e. The van der Waals surface area contributed by atoms with Gasteiger partial charge in [-0.25, -0.2) is 4.79 Å². The van der Waals surface area contributed by atoms with Gasteiger partial charge in [0.15, 0.2) is 0 Å². The van der Waals surface area contributed by atoms with Gasteiger partial charge in [-0.1, -0.05) is 29.9 Å². The van der Waals surface area contributed by atoms with Gasteiger partial charge in [0, 0.05) is 5.57 Å². The number of carbonyl (C=O) groups is 1. The molecule has 0 spiro atoms. The number of aliphatic carboxylic acids is 1. The lowest BCUT2D eigenvalue weighted by atomic mass is 10.0. The monoisotopic (exact) mass is 264 g/mol. The Kier molecular flexibility index (Phi) is 7.19. The van der Waals surface area contributed by atoms with Crippen LogP contribution in [0.5, 0.6) is 0 Å². The number of aliphatic hydroxyl groups excluding tert-OH is 1. The van der Waals surface area contributed by atoms with Gasteiger partial charge < -0.3 is 10.2 Å². The molecule has 0 saturated carbocycles. The number of rotatable bonds is 1. The molecule has 2 N–H and O–H groups in total. The summed E-state index contributed by atoms with van der Waals surface area (Å²) >= 11 is 0. The number of carboxylic acids is 1. The standard InChI is InChI=1S/C16H24O3/c1-13-8-5-3-2-4-6-9-14(16(18)19)10-7-11-15(17)12-13/h4,6,9,12,15,17H,2-3,5,7-8,10-11H2,1H3,(H,18,19)/b6-4+,13-12-,14-9-. The van der Waals surface area contributed by atoms with Crippen LogP contribution in [0, 0.1) is 0 Å². The van der Waals surface area contributed by atoms with Crippen LogP contribution in [0.15, 0.2) is 35.5 Å². The summed E-state index contributed by atoms with van der Waals surface area (Å²) in [6.07, 6.45) is 13.0. The minimum Gasteiger partial charge on any atom is -0.478 e. The van der Waals surface area contributed by atoms with E-state index in [0.717, 1.165) is 25.7 Å². The van der Waals surface area contributed by atoms with Crippen molar-refractivity contribution in [3.63, 3.8) is 0 Å². The molecule has 1 rings (SSSR count). The lowest BCUT2D eigenvalue weighted by Gasteiger charge is -2.09. The van der Waals surface area contributed by atoms with E-state index in [2.05, 4.69) is 0 Å². The molecule has 3 heteroatoms. The number of hydrogen-bond donors (Lipinski definition) is 2. The fourth-order valence-electron chi connectivity index (χ4n) is 2.20. The third-order valence-corrected chi connectivity index (χ3v) is 3.32. The third kappa shape index (κ3) is 6.97. The summed E-state index contributed by atoms with van der Waals surface area (Å²) in [4.78, 5) is 11.1. The zero-order valence-electron chi connectivity index (χ0n) is 11.6. The summed E-state index contributed by atoms with van der Waals surface area (Å²) in [7, 11) is 0. The van der Waals surface area contributed by atoms with Crippen molar-refractivity contribution in [2.24, 2.45) is 0 Å². The topological polar surface area (TPSA) is 57.5 Å². The average Bonchev–Trinajstić information content (AvgIpc) is 2.34. The van der Waals surface area contributed by atoms with Gasteiger partial charge in [0.25, 0.3) is 0 Å². The minimum atomic E-state index is -0.863. The Morgan fingerprint density at radius 3 is 2.79 bits per heavy atom. The first-order valence-electron chi connectivity index (χ1n) is 7.04. The highest BCUT2D eigenvalue weighted by Crippen LogP contribution is 2.15. The molecule has 1 atom stereocenters. The van der Waals surface area contributed by atoms with Gasteiger partial charge in [-0.3, -0.25) is 0 Å². The smallest absolute Gasteiger partial charge is 0.331 e. The van der Waals surface area contributed by atoms with Crippen LogP contribution in [-0.2, 0) is 4.79 Å². The van der Waals surface area contributed by atoms with Gasteiger partial charge in [0.2, 0.25) is 0 Å². The predicted octanol–water partition coefficient (Wildman–Crippen LogP) is 3.61. The highest BCUT2D eigenvalue weighted by atomic mass is 16.4. The van der Waals surface area contributed by atoms with Crippen LogP contribution in [0.25, 0.3) is 0 Å². The van der Waals surface area contributed by atoms with Crippen molar-refractivity contribution >= 4 is 5.97 Å². The largest absolute Gasteiger partial charge is 0.478 e. The summed E-state index contributed by atoms with van der Waals surface area (Å²) in [6.45, 7) is 2.05. The van der Waals surface area contributed by atoms with E-state index in [9.17, 15) is 9.90 Å². The third-order valence-electron chi connectivity index (χ3n) is 3.32. The van der Waals surface area contributed by atoms with Crippen LogP contribution in [0.3, 0.4) is 0 Å². The van der Waals surface area contributed by atoms with Crippen molar-refractivity contribution in [2.45, 2.75) is 58.0 Å². The van der Waals surface area contributed by atoms with Crippen molar-refractivity contribution < 1.29 is 15.0 Å². The van der Waals surface area contributed by atoms with Crippen LogP contribution in [0.2, 0.25) is 0 Å². The number of allylic oxidation sites excluding steroid dienone is 4. The van der Waals surface area contributed by atoms with Gasteiger partial charge in [0.05, 0.1) is 6.10 Å². The molecule has 0 heterocycles. The highest BCUT2D eigenvalue weighted by Gasteiger charge is 2.08. The Bertz CT molecular complexity index is 377. The van der Waals surface area contributed by atoms with E-state index < -0.39 is 12.1 Å². The van der Waals surface area contributed by atoms with Crippen molar-refractivity contribution in [2.75, 3.05) is 0 Å². The first-order valence-corrected chi connectivity index (χ1v) is 7.04. The first-order chi connectivity index (χ1) is 9.09. The molecule has 0 radical (unpaired) electrons. The minimum absolute atomic E-state index is 0.418. The lowest BCUT2D eigenvalue weighted by Crippen LogP contribution is -2.06. The van der Waals surface area contributed by atoms with Crippen molar-refractivity contribution in [1.82, 2.24) is 0 Å². The van der Waals surface area contributed by atoms with E-state index in [-0.39, 0.29) is 0 Å². The molecule has 0 aromatic rings. The van der Waals surface area contributed by atoms with E-state index in [0.29, 0.717) is 24.8 Å². The van der Waals surface area contributed by atoms with Crippen molar-refractivity contribution in [3.8, 4) is 0 Å². The molecule has 1 unspecified atom stereocenters. The zero-order valence-corrected chi connectivity index (χ0v) is 11.6. The molecule has 0 bridgehead atoms. The van der Waals surface area contributed by atoms with Gasteiger partial charge in [-0.15, -0.1) is 0 Å². The maximum atomic E-state index is 11.1. The molecule has 3 nitrogen and oxygen atoms in total. The Balaban J connectivity index is 2.69. The Morgan fingerprint density at radius 2 is 2.05 bits per heavy atom. The van der Waals surface area contributed by atoms with Crippen LogP contribution in [0.4, 0.5) is 0 Å². The molecule has 0 saturated heterocycles. The quantitative estimate of drug-likeness (QED) is 0.711. The number of aliphatic hydroxyl groups is 1. The van der Waals surface area contributed by atoms with E-state index in [1.165, 1.54) is 5.57 Å². The Hall–Kier alpha value is -1.35. The molecular weight excluding hydrogens is 240 g/mol. The summed E-state index contributed by atoms with van der Waals surface area (Å²) in [5, 5.41) is 18.9. The van der Waals surface area contributed by atoms with Crippen LogP contribution >= 0.6 is 0 Å². The molecule has 1 aliphatic rings. The Labute approximate surface area is 115 Å². The molecule has 1 aliphatic carbocycles. The SMILES string of the molecule is C/C1=C/C(O)CCC/C(C(=O)O)=C/C=C/CCCC1. The summed E-state index contributed by atoms with van der Waals surface area (Å²) in [5.41, 5.74) is 1.64. The number of carboxylic acid groups (broad SMARTS) is 1. The van der Waals surface area contributed by atoms with Gasteiger partial charge in [-0.2, -0.15) is 0 Å². The van der Waals surface area contributed by atoms with Crippen LogP contribution in [0.1, 0.15) is 51.9 Å². The molecule has 0 aromatic carbocycles. The molecule has 0 aromatic heterocycles. The van der Waals surface area contributed by atoms with E-state index in [4.69, 9.17) is 5.11 Å². The predicted molar refractivity (Wildman–Crippen MR) is 76.9 cm³/mol. The second-order valence-corrected chi connectivity index (χ2v) is 5.14. The summed E-state index contributed by atoms with van der Waals surface area (Å²) < 4.78 is 0. The van der Waals surface area contributed by atoms with Crippen molar-refractivity contribution in [1.29, 1.82) is 0 Å². The molecule has 0 aliphatic heterocycles. The second kappa shape index (κ2) is 8.70. The van der Waals surface area contributed by atoms with Gasteiger partial charge >= 0.3 is 5.97 Å². The van der Waals surface area contributed by atoms with Crippen LogP contribution in [-0.4, -0.2) is 22.3 Å². The normalized spacial score (nSPS) is 30.3. The van der Waals surface area contributed by atoms with E-state index >= 15 is 0 Å². The van der Waals surface area contributed by atoms with Gasteiger partial charge in [-0.05, 0) is 51.9 Å². The fourth-order valence-corrected chi connectivity index (χ4v) is 2.20. The van der Waals surface area contributed by atoms with Crippen LogP contribution < -0.4 is 0 Å². The molecule has 0 fully saturated rings. The van der Waals surface area contributed by atoms with E-state index in [1.54, 1.807) is 6.08 Å². The molecular formula is C16H24O3. The Morgan fingerprint density at radius 1 is 1.26 bits per heavy atom. The van der Waals surface area contributed by atoms with Gasteiger partial charge in [0.1, 0.15) is 0 Å². The first kappa shape index (κ1) is 15.7. The lowest BCUT2D eigenvalue weighted by molar-refractivity contribution is -0.132. The fraction of sp³-hybridized carbons (Fsp3) is 0.562. The second-order valence-electron chi connectivity index (χ2n) is 5.14. The number of hydrogen-bond acceptors (Lipinski definition) is 2. The van der Waals surface area contributed by atoms with E-state index in [1.807, 2.05) is 25.2 Å². The summed E-state index contributed by atoms with van der Waals surface area (Å²) in [6, 6.07) is 0. The molecule has 0 amide bonds. The zero-order chi connectivity index (χ0) is 14.1. The van der Waals surface area contributed by atoms with Crippen molar-refractivity contribution in [3.05, 3.63) is 35.5 Å². The average molecular weight is 264 g/mol. The maximum absolute atomic E-state index is 11.1. The molecule has 19 heavy (non-hydrogen) atoms. The summed E-state index contributed by atoms with van der Waals surface area (Å²) in [5.74, 6) is -0.863. The molecule has 106 valence electrons. The highest BCUT2D eigenvalue weighted by molar-refractivity contribution is 5.86.